The highest BCUT2D eigenvalue weighted by Gasteiger charge is 2.69. The summed E-state index contributed by atoms with van der Waals surface area (Å²) in [7, 11) is 0. The molecule has 3 rings (SSSR count). The lowest BCUT2D eigenvalue weighted by molar-refractivity contribution is -0.145. The Morgan fingerprint density at radius 1 is 1.12 bits per heavy atom. The van der Waals surface area contributed by atoms with E-state index in [-0.39, 0.29) is 41.0 Å². The average molecular weight is 567 g/mol. The maximum absolute atomic E-state index is 14.1. The number of likely N-dealkylation sites (tertiary alicyclic amines) is 1. The molecule has 8 nitrogen and oxygen atoms in total. The standard InChI is InChI=1S/C33H50N4O4/c1-9-14-24(27(38)30(40)35-18-10-2)36-29(39)26-25-23(33(25,7)8)20-37(26)31(41)28(32(4,5)6)34-19-17-21(3)22-15-12-11-13-16-22/h10-13,15-16,21,23-26,28,34H,2,9,14,17-20H2,1,3-8H3,(H,35,40)(H,36,39)/t21?,23-,24?,25-,26+,28?/m1/s1. The molecule has 2 aliphatic rings. The summed E-state index contributed by atoms with van der Waals surface area (Å²) in [5.41, 5.74) is 0.821. The molecule has 0 radical (unpaired) electrons. The van der Waals surface area contributed by atoms with Gasteiger partial charge in [0, 0.05) is 13.1 Å². The SMILES string of the molecule is C=CCNC(=O)C(=O)C(CCC)NC(=O)[C@@H]1[C@H]2[C@@H](CN1C(=O)C(NCCC(C)c1ccccc1)C(C)(C)C)C2(C)C. The number of piperidine rings is 1. The molecule has 0 bridgehead atoms. The summed E-state index contributed by atoms with van der Waals surface area (Å²) in [6.45, 7) is 19.4. The first-order valence-corrected chi connectivity index (χ1v) is 15.1. The van der Waals surface area contributed by atoms with E-state index in [9.17, 15) is 19.2 Å². The second kappa shape index (κ2) is 13.3. The predicted molar refractivity (Wildman–Crippen MR) is 162 cm³/mol. The Kier molecular flexibility index (Phi) is 10.6. The van der Waals surface area contributed by atoms with E-state index < -0.39 is 29.8 Å². The van der Waals surface area contributed by atoms with Gasteiger partial charge in [0.1, 0.15) is 6.04 Å². The molecule has 3 unspecified atom stereocenters. The van der Waals surface area contributed by atoms with Gasteiger partial charge in [-0.2, -0.15) is 0 Å². The number of carbonyl (C=O) groups excluding carboxylic acids is 4. The van der Waals surface area contributed by atoms with Crippen molar-refractivity contribution in [1.29, 1.82) is 0 Å². The van der Waals surface area contributed by atoms with Crippen LogP contribution in [0.2, 0.25) is 0 Å². The van der Waals surface area contributed by atoms with Crippen molar-refractivity contribution in [1.82, 2.24) is 20.9 Å². The van der Waals surface area contributed by atoms with Crippen molar-refractivity contribution in [2.45, 2.75) is 91.8 Å². The number of Topliss-reactive ketones (excluding diaryl/α,β-unsaturated/α-hetero) is 1. The van der Waals surface area contributed by atoms with Crippen molar-refractivity contribution in [3.63, 3.8) is 0 Å². The molecule has 226 valence electrons. The van der Waals surface area contributed by atoms with Crippen LogP contribution in [-0.2, 0) is 19.2 Å². The fourth-order valence-corrected chi connectivity index (χ4v) is 6.36. The van der Waals surface area contributed by atoms with Gasteiger partial charge in [0.25, 0.3) is 5.91 Å². The average Bonchev–Trinajstić information content (AvgIpc) is 3.24. The van der Waals surface area contributed by atoms with Crippen LogP contribution in [0, 0.1) is 22.7 Å². The summed E-state index contributed by atoms with van der Waals surface area (Å²) >= 11 is 0. The number of fused-ring (bicyclic) bond motifs is 1. The summed E-state index contributed by atoms with van der Waals surface area (Å²) in [4.78, 5) is 55.0. The van der Waals surface area contributed by atoms with Crippen LogP contribution in [0.15, 0.2) is 43.0 Å². The minimum atomic E-state index is -0.939. The molecule has 3 amide bonds. The van der Waals surface area contributed by atoms with Gasteiger partial charge < -0.3 is 20.9 Å². The lowest BCUT2D eigenvalue weighted by atomic mass is 9.85. The summed E-state index contributed by atoms with van der Waals surface area (Å²) in [5, 5.41) is 8.89. The maximum Gasteiger partial charge on any atom is 0.289 e. The number of benzene rings is 1. The number of rotatable bonds is 14. The zero-order valence-corrected chi connectivity index (χ0v) is 26.0. The van der Waals surface area contributed by atoms with Gasteiger partial charge in [0.15, 0.2) is 0 Å². The monoisotopic (exact) mass is 566 g/mol. The quantitative estimate of drug-likeness (QED) is 0.234. The van der Waals surface area contributed by atoms with Crippen LogP contribution in [0.4, 0.5) is 0 Å². The molecule has 1 aromatic rings. The van der Waals surface area contributed by atoms with Crippen LogP contribution in [0.25, 0.3) is 0 Å². The number of hydrogen-bond acceptors (Lipinski definition) is 5. The molecular formula is C33H50N4O4. The van der Waals surface area contributed by atoms with Crippen molar-refractivity contribution in [3.8, 4) is 0 Å². The largest absolute Gasteiger partial charge is 0.346 e. The minimum Gasteiger partial charge on any atom is -0.346 e. The molecule has 3 N–H and O–H groups in total. The van der Waals surface area contributed by atoms with Gasteiger partial charge in [-0.25, -0.2) is 0 Å². The lowest BCUT2D eigenvalue weighted by Crippen LogP contribution is -2.60. The molecule has 8 heteroatoms. The topological polar surface area (TPSA) is 108 Å². The van der Waals surface area contributed by atoms with E-state index in [2.05, 4.69) is 55.4 Å². The van der Waals surface area contributed by atoms with Gasteiger partial charge in [-0.3, -0.25) is 19.2 Å². The number of carbonyl (C=O) groups is 4. The second-order valence-electron chi connectivity index (χ2n) is 13.5. The van der Waals surface area contributed by atoms with Gasteiger partial charge in [-0.15, -0.1) is 6.58 Å². The zero-order chi connectivity index (χ0) is 30.5. The van der Waals surface area contributed by atoms with Crippen LogP contribution in [-0.4, -0.2) is 66.2 Å². The molecule has 1 heterocycles. The van der Waals surface area contributed by atoms with E-state index in [0.717, 1.165) is 6.42 Å². The highest BCUT2D eigenvalue weighted by molar-refractivity contribution is 6.38. The Labute approximate surface area is 246 Å². The first-order chi connectivity index (χ1) is 19.2. The molecule has 1 saturated heterocycles. The van der Waals surface area contributed by atoms with Crippen molar-refractivity contribution in [2.75, 3.05) is 19.6 Å². The van der Waals surface area contributed by atoms with Crippen molar-refractivity contribution >= 4 is 23.5 Å². The highest BCUT2D eigenvalue weighted by Crippen LogP contribution is 2.65. The first-order valence-electron chi connectivity index (χ1n) is 15.1. The number of ketones is 1. The summed E-state index contributed by atoms with van der Waals surface area (Å²) in [6.07, 6.45) is 3.34. The van der Waals surface area contributed by atoms with E-state index in [0.29, 0.717) is 31.8 Å². The Morgan fingerprint density at radius 3 is 2.37 bits per heavy atom. The number of nitrogens with zero attached hydrogens (tertiary/aromatic N) is 1. The molecule has 1 aliphatic carbocycles. The predicted octanol–water partition coefficient (Wildman–Crippen LogP) is 3.82. The summed E-state index contributed by atoms with van der Waals surface area (Å²) in [5.74, 6) is -1.29. The fraction of sp³-hybridized carbons (Fsp3) is 0.636. The van der Waals surface area contributed by atoms with Crippen LogP contribution >= 0.6 is 0 Å². The molecule has 2 fully saturated rings. The van der Waals surface area contributed by atoms with E-state index in [1.807, 2.05) is 45.9 Å². The van der Waals surface area contributed by atoms with Crippen molar-refractivity contribution in [3.05, 3.63) is 48.6 Å². The maximum atomic E-state index is 14.1. The molecule has 1 saturated carbocycles. The number of nitrogens with one attached hydrogen (secondary N) is 3. The smallest absolute Gasteiger partial charge is 0.289 e. The number of hydrogen-bond donors (Lipinski definition) is 3. The molecule has 1 aromatic carbocycles. The third-order valence-corrected chi connectivity index (χ3v) is 9.01. The van der Waals surface area contributed by atoms with Crippen molar-refractivity contribution in [2.24, 2.45) is 22.7 Å². The normalized spacial score (nSPS) is 23.1. The molecule has 0 spiro atoms. The Morgan fingerprint density at radius 2 is 1.78 bits per heavy atom. The molecule has 6 atom stereocenters. The molecular weight excluding hydrogens is 516 g/mol. The van der Waals surface area contributed by atoms with Gasteiger partial charge in [-0.1, -0.05) is 91.3 Å². The summed E-state index contributed by atoms with van der Waals surface area (Å²) in [6, 6.07) is 8.24. The van der Waals surface area contributed by atoms with Crippen LogP contribution in [0.1, 0.15) is 79.2 Å². The van der Waals surface area contributed by atoms with Gasteiger partial charge in [0.05, 0.1) is 12.1 Å². The van der Waals surface area contributed by atoms with E-state index in [1.165, 1.54) is 11.6 Å². The molecule has 41 heavy (non-hydrogen) atoms. The van der Waals surface area contributed by atoms with Crippen LogP contribution in [0.3, 0.4) is 0 Å². The van der Waals surface area contributed by atoms with Crippen molar-refractivity contribution < 1.29 is 19.2 Å². The number of amides is 3. The third-order valence-electron chi connectivity index (χ3n) is 9.01. The third kappa shape index (κ3) is 7.45. The van der Waals surface area contributed by atoms with Gasteiger partial charge >= 0.3 is 0 Å². The fourth-order valence-electron chi connectivity index (χ4n) is 6.36. The molecule has 1 aliphatic heterocycles. The van der Waals surface area contributed by atoms with E-state index in [1.54, 1.807) is 4.90 Å². The molecule has 0 aromatic heterocycles. The highest BCUT2D eigenvalue weighted by atomic mass is 16.2. The van der Waals surface area contributed by atoms with Gasteiger partial charge in [0.2, 0.25) is 17.6 Å². The first kappa shape index (κ1) is 32.5. The minimum absolute atomic E-state index is 0.0112. The lowest BCUT2D eigenvalue weighted by Gasteiger charge is -2.38. The Hall–Kier alpha value is -3.00. The van der Waals surface area contributed by atoms with Crippen LogP contribution < -0.4 is 16.0 Å². The second-order valence-corrected chi connectivity index (χ2v) is 13.5. The van der Waals surface area contributed by atoms with Gasteiger partial charge in [-0.05, 0) is 53.5 Å². The van der Waals surface area contributed by atoms with Crippen LogP contribution in [0.5, 0.6) is 0 Å². The summed E-state index contributed by atoms with van der Waals surface area (Å²) < 4.78 is 0. The zero-order valence-electron chi connectivity index (χ0n) is 26.0. The van der Waals surface area contributed by atoms with E-state index >= 15 is 0 Å². The van der Waals surface area contributed by atoms with E-state index in [4.69, 9.17) is 0 Å². The Balaban J connectivity index is 1.75. The Bertz CT molecular complexity index is 1110.